The van der Waals surface area contributed by atoms with Gasteiger partial charge in [-0.25, -0.2) is 0 Å². The van der Waals surface area contributed by atoms with Gasteiger partial charge in [-0.05, 0) is 65.1 Å². The molecule has 0 amide bonds. The molecule has 0 radical (unpaired) electrons. The topological polar surface area (TPSA) is 38.4 Å². The fourth-order valence-electron chi connectivity index (χ4n) is 3.06. The van der Waals surface area contributed by atoms with E-state index in [-0.39, 0.29) is 0 Å². The molecular weight excluding hydrogens is 268 g/mol. The Morgan fingerprint density at radius 1 is 1.23 bits per heavy atom. The summed E-state index contributed by atoms with van der Waals surface area (Å²) >= 11 is 0. The van der Waals surface area contributed by atoms with Crippen molar-refractivity contribution in [2.45, 2.75) is 44.1 Å². The van der Waals surface area contributed by atoms with Crippen molar-refractivity contribution in [3.05, 3.63) is 53.7 Å². The van der Waals surface area contributed by atoms with Crippen LogP contribution in [-0.2, 0) is 5.41 Å². The van der Waals surface area contributed by atoms with Crippen molar-refractivity contribution in [2.75, 3.05) is 0 Å². The standard InChI is InChI=1S/C20H22N2/c1-20(8-9-20)19-11-15(10-14-4-2-3-5-18(14)19)16(12-21)13-22-17-6-7-17/h2-5,10-13,17H,6-9,21H2,1H3/b16-12+,22-13?. The van der Waals surface area contributed by atoms with E-state index in [9.17, 15) is 0 Å². The molecule has 4 rings (SSSR count). The lowest BCUT2D eigenvalue weighted by atomic mass is 9.89. The van der Waals surface area contributed by atoms with E-state index in [1.807, 2.05) is 6.21 Å². The van der Waals surface area contributed by atoms with Crippen LogP contribution in [0, 0.1) is 0 Å². The van der Waals surface area contributed by atoms with E-state index in [4.69, 9.17) is 5.73 Å². The molecule has 112 valence electrons. The van der Waals surface area contributed by atoms with Crippen molar-refractivity contribution in [1.29, 1.82) is 0 Å². The van der Waals surface area contributed by atoms with E-state index >= 15 is 0 Å². The first kappa shape index (κ1) is 13.6. The molecule has 0 aliphatic heterocycles. The minimum Gasteiger partial charge on any atom is -0.404 e. The second-order valence-electron chi connectivity index (χ2n) is 6.94. The molecule has 0 saturated heterocycles. The Labute approximate surface area is 131 Å². The number of nitrogens with zero attached hydrogens (tertiary/aromatic N) is 1. The van der Waals surface area contributed by atoms with E-state index in [0.717, 1.165) is 5.57 Å². The summed E-state index contributed by atoms with van der Waals surface area (Å²) in [6.45, 7) is 2.36. The first-order valence-electron chi connectivity index (χ1n) is 8.18. The van der Waals surface area contributed by atoms with Gasteiger partial charge in [-0.2, -0.15) is 0 Å². The lowest BCUT2D eigenvalue weighted by Crippen LogP contribution is -2.03. The maximum Gasteiger partial charge on any atom is 0.0501 e. The summed E-state index contributed by atoms with van der Waals surface area (Å²) in [5.41, 5.74) is 9.89. The molecule has 2 saturated carbocycles. The molecule has 2 heteroatoms. The Kier molecular flexibility index (Phi) is 3.07. The average Bonchev–Trinajstić information content (AvgIpc) is 3.45. The Balaban J connectivity index is 1.83. The van der Waals surface area contributed by atoms with Crippen LogP contribution in [0.3, 0.4) is 0 Å². The third kappa shape index (κ3) is 2.43. The number of benzene rings is 2. The highest BCUT2D eigenvalue weighted by Crippen LogP contribution is 2.50. The number of fused-ring (bicyclic) bond motifs is 1. The molecule has 0 bridgehead atoms. The van der Waals surface area contributed by atoms with E-state index in [1.165, 1.54) is 47.6 Å². The molecule has 2 nitrogen and oxygen atoms in total. The van der Waals surface area contributed by atoms with E-state index in [1.54, 1.807) is 6.20 Å². The second kappa shape index (κ2) is 4.98. The molecule has 0 aromatic heterocycles. The number of aliphatic imine (C=N–C) groups is 1. The normalized spacial score (nSPS) is 20.7. The molecule has 2 N–H and O–H groups in total. The molecule has 0 unspecified atom stereocenters. The molecule has 2 aliphatic carbocycles. The SMILES string of the molecule is CC1(c2cc(/C(C=NC3CC3)=C/N)cc3ccccc23)CC1. The van der Waals surface area contributed by atoms with Gasteiger partial charge in [0.05, 0.1) is 6.04 Å². The fraction of sp³-hybridized carbons (Fsp3) is 0.350. The highest BCUT2D eigenvalue weighted by Gasteiger charge is 2.40. The Morgan fingerprint density at radius 3 is 2.68 bits per heavy atom. The van der Waals surface area contributed by atoms with Crippen LogP contribution in [0.15, 0.2) is 47.6 Å². The van der Waals surface area contributed by atoms with Gasteiger partial charge in [-0.1, -0.05) is 31.2 Å². The van der Waals surface area contributed by atoms with Crippen LogP contribution in [0.2, 0.25) is 0 Å². The van der Waals surface area contributed by atoms with Gasteiger partial charge < -0.3 is 5.73 Å². The maximum absolute atomic E-state index is 5.88. The zero-order chi connectivity index (χ0) is 15.2. The Hall–Kier alpha value is -2.09. The summed E-state index contributed by atoms with van der Waals surface area (Å²) in [6, 6.07) is 13.8. The molecule has 0 heterocycles. The van der Waals surface area contributed by atoms with Crippen LogP contribution in [0.1, 0.15) is 43.7 Å². The van der Waals surface area contributed by atoms with E-state index < -0.39 is 0 Å². The molecule has 2 aromatic carbocycles. The molecule has 0 atom stereocenters. The minimum absolute atomic E-state index is 0.336. The van der Waals surface area contributed by atoms with Gasteiger partial charge in [0.2, 0.25) is 0 Å². The lowest BCUT2D eigenvalue weighted by Gasteiger charge is -2.15. The third-order valence-electron chi connectivity index (χ3n) is 5.00. The van der Waals surface area contributed by atoms with Gasteiger partial charge in [0, 0.05) is 18.0 Å². The monoisotopic (exact) mass is 290 g/mol. The minimum atomic E-state index is 0.336. The number of rotatable bonds is 4. The summed E-state index contributed by atoms with van der Waals surface area (Å²) in [6.07, 6.45) is 8.64. The van der Waals surface area contributed by atoms with Gasteiger partial charge >= 0.3 is 0 Å². The molecule has 2 fully saturated rings. The molecule has 22 heavy (non-hydrogen) atoms. The Morgan fingerprint density at radius 2 is 2.00 bits per heavy atom. The number of hydrogen-bond acceptors (Lipinski definition) is 2. The van der Waals surface area contributed by atoms with E-state index in [0.29, 0.717) is 11.5 Å². The van der Waals surface area contributed by atoms with Crippen LogP contribution in [0.4, 0.5) is 0 Å². The first-order chi connectivity index (χ1) is 10.7. The van der Waals surface area contributed by atoms with Gasteiger partial charge in [0.25, 0.3) is 0 Å². The largest absolute Gasteiger partial charge is 0.404 e. The van der Waals surface area contributed by atoms with Gasteiger partial charge in [0.1, 0.15) is 0 Å². The van der Waals surface area contributed by atoms with Crippen molar-refractivity contribution >= 4 is 22.6 Å². The molecular formula is C20H22N2. The highest BCUT2D eigenvalue weighted by molar-refractivity contribution is 6.11. The summed E-state index contributed by atoms with van der Waals surface area (Å²) < 4.78 is 0. The summed E-state index contributed by atoms with van der Waals surface area (Å²) in [4.78, 5) is 4.60. The zero-order valence-corrected chi connectivity index (χ0v) is 13.0. The fourth-order valence-corrected chi connectivity index (χ4v) is 3.06. The van der Waals surface area contributed by atoms with Crippen molar-refractivity contribution in [3.63, 3.8) is 0 Å². The van der Waals surface area contributed by atoms with Crippen LogP contribution in [0.25, 0.3) is 16.3 Å². The third-order valence-corrected chi connectivity index (χ3v) is 5.00. The van der Waals surface area contributed by atoms with Crippen LogP contribution in [-0.4, -0.2) is 12.3 Å². The average molecular weight is 290 g/mol. The number of hydrogen-bond donors (Lipinski definition) is 1. The van der Waals surface area contributed by atoms with Gasteiger partial charge in [0.15, 0.2) is 0 Å². The maximum atomic E-state index is 5.88. The lowest BCUT2D eigenvalue weighted by molar-refractivity contribution is 0.796. The van der Waals surface area contributed by atoms with E-state index in [2.05, 4.69) is 48.3 Å². The van der Waals surface area contributed by atoms with Crippen LogP contribution in [0.5, 0.6) is 0 Å². The quantitative estimate of drug-likeness (QED) is 0.831. The summed E-state index contributed by atoms with van der Waals surface area (Å²) in [5, 5.41) is 2.67. The van der Waals surface area contributed by atoms with Gasteiger partial charge in [-0.3, -0.25) is 4.99 Å². The van der Waals surface area contributed by atoms with Crippen molar-refractivity contribution in [1.82, 2.24) is 0 Å². The highest BCUT2D eigenvalue weighted by atomic mass is 14.8. The van der Waals surface area contributed by atoms with Crippen molar-refractivity contribution in [3.8, 4) is 0 Å². The second-order valence-corrected chi connectivity index (χ2v) is 6.94. The number of nitrogens with two attached hydrogens (primary N) is 1. The van der Waals surface area contributed by atoms with Crippen LogP contribution < -0.4 is 5.73 Å². The number of allylic oxidation sites excluding steroid dienone is 1. The molecule has 0 spiro atoms. The zero-order valence-electron chi connectivity index (χ0n) is 13.0. The van der Waals surface area contributed by atoms with Crippen molar-refractivity contribution in [2.24, 2.45) is 10.7 Å². The molecule has 2 aliphatic rings. The summed E-state index contributed by atoms with van der Waals surface area (Å²) in [5.74, 6) is 0. The van der Waals surface area contributed by atoms with Crippen LogP contribution >= 0.6 is 0 Å². The Bertz CT molecular complexity index is 777. The smallest absolute Gasteiger partial charge is 0.0501 e. The summed E-state index contributed by atoms with van der Waals surface area (Å²) in [7, 11) is 0. The van der Waals surface area contributed by atoms with Crippen molar-refractivity contribution < 1.29 is 0 Å². The predicted octanol–water partition coefficient (Wildman–Crippen LogP) is 4.42. The first-order valence-corrected chi connectivity index (χ1v) is 8.18. The molecule has 2 aromatic rings. The predicted molar refractivity (Wildman–Crippen MR) is 94.2 cm³/mol. The van der Waals surface area contributed by atoms with Gasteiger partial charge in [-0.15, -0.1) is 0 Å².